The molecule has 140 valence electrons. The molecule has 0 radical (unpaired) electrons. The zero-order chi connectivity index (χ0) is 19.0. The van der Waals surface area contributed by atoms with Gasteiger partial charge in [-0.2, -0.15) is 0 Å². The molecule has 27 heavy (non-hydrogen) atoms. The number of carbonyl (C=O) groups is 2. The fraction of sp³-hybridized carbons (Fsp3) is 0.316. The first kappa shape index (κ1) is 17.4. The van der Waals surface area contributed by atoms with Gasteiger partial charge in [0.2, 0.25) is 5.88 Å². The number of fused-ring (bicyclic) bond motifs is 2. The topological polar surface area (TPSA) is 71.5 Å². The second-order valence-electron chi connectivity index (χ2n) is 6.73. The highest BCUT2D eigenvalue weighted by Gasteiger charge is 2.42. The molecule has 2 aromatic rings. The quantitative estimate of drug-likeness (QED) is 0.886. The maximum Gasteiger partial charge on any atom is 0.322 e. The summed E-state index contributed by atoms with van der Waals surface area (Å²) >= 11 is 0. The largest absolute Gasteiger partial charge is 0.436 e. The summed E-state index contributed by atoms with van der Waals surface area (Å²) in [5.74, 6) is -1.45. The third-order valence-electron chi connectivity index (χ3n) is 4.88. The molecular formula is C19H17F2N3O3. The normalized spacial score (nSPS) is 21.3. The molecule has 2 atom stereocenters. The smallest absolute Gasteiger partial charge is 0.322 e. The molecule has 2 unspecified atom stereocenters. The summed E-state index contributed by atoms with van der Waals surface area (Å²) in [5, 5.41) is 2.78. The number of aromatic nitrogens is 1. The van der Waals surface area contributed by atoms with Crippen LogP contribution >= 0.6 is 0 Å². The number of ketones is 1. The molecule has 8 heteroatoms. The molecule has 4 rings (SSSR count). The van der Waals surface area contributed by atoms with E-state index in [9.17, 15) is 18.4 Å². The number of halogens is 2. The highest BCUT2D eigenvalue weighted by atomic mass is 19.1. The minimum absolute atomic E-state index is 0.0536. The Kier molecular flexibility index (Phi) is 4.47. The summed E-state index contributed by atoms with van der Waals surface area (Å²) in [4.78, 5) is 30.0. The molecule has 1 aromatic heterocycles. The number of piperidine rings is 1. The number of urea groups is 1. The molecular weight excluding hydrogens is 356 g/mol. The zero-order valence-electron chi connectivity index (χ0n) is 14.3. The van der Waals surface area contributed by atoms with Crippen LogP contribution in [0.15, 0.2) is 36.5 Å². The van der Waals surface area contributed by atoms with E-state index in [4.69, 9.17) is 4.74 Å². The Hall–Kier alpha value is -3.03. The molecule has 0 saturated carbocycles. The summed E-state index contributed by atoms with van der Waals surface area (Å²) in [6.45, 7) is 0. The molecule has 2 bridgehead atoms. The summed E-state index contributed by atoms with van der Waals surface area (Å²) in [7, 11) is 0. The third-order valence-corrected chi connectivity index (χ3v) is 4.88. The highest BCUT2D eigenvalue weighted by molar-refractivity contribution is 5.92. The number of ether oxygens (including phenoxy) is 1. The van der Waals surface area contributed by atoms with E-state index in [0.717, 1.165) is 18.9 Å². The molecule has 1 N–H and O–H groups in total. The Morgan fingerprint density at radius 3 is 2.59 bits per heavy atom. The van der Waals surface area contributed by atoms with Crippen LogP contribution in [0.2, 0.25) is 0 Å². The maximum atomic E-state index is 13.7. The van der Waals surface area contributed by atoms with Crippen LogP contribution in [0.25, 0.3) is 0 Å². The zero-order valence-corrected chi connectivity index (χ0v) is 14.3. The Morgan fingerprint density at radius 2 is 1.89 bits per heavy atom. The molecule has 1 aromatic carbocycles. The van der Waals surface area contributed by atoms with Crippen molar-refractivity contribution in [1.29, 1.82) is 0 Å². The number of carbonyl (C=O) groups excluding carboxylic acids is 2. The first-order valence-electron chi connectivity index (χ1n) is 8.69. The number of anilines is 1. The summed E-state index contributed by atoms with van der Waals surface area (Å²) in [6, 6.07) is 5.62. The van der Waals surface area contributed by atoms with Gasteiger partial charge in [-0.25, -0.2) is 18.6 Å². The fourth-order valence-electron chi connectivity index (χ4n) is 3.70. The first-order chi connectivity index (χ1) is 13.0. The molecule has 2 aliphatic rings. The average molecular weight is 373 g/mol. The van der Waals surface area contributed by atoms with Crippen LogP contribution in [0.1, 0.15) is 25.7 Å². The molecule has 0 aliphatic carbocycles. The van der Waals surface area contributed by atoms with E-state index >= 15 is 0 Å². The van der Waals surface area contributed by atoms with Crippen molar-refractivity contribution in [3.8, 4) is 11.6 Å². The van der Waals surface area contributed by atoms with Crippen LogP contribution in [-0.2, 0) is 4.79 Å². The van der Waals surface area contributed by atoms with E-state index in [0.29, 0.717) is 24.6 Å². The van der Waals surface area contributed by atoms with Gasteiger partial charge in [-0.3, -0.25) is 4.79 Å². The predicted octanol–water partition coefficient (Wildman–Crippen LogP) is 3.88. The summed E-state index contributed by atoms with van der Waals surface area (Å²) < 4.78 is 32.0. The fourth-order valence-corrected chi connectivity index (χ4v) is 3.70. The molecule has 0 spiro atoms. The summed E-state index contributed by atoms with van der Waals surface area (Å²) in [6.07, 6.45) is 3.88. The second kappa shape index (κ2) is 6.94. The number of hydrogen-bond acceptors (Lipinski definition) is 4. The number of amides is 2. The lowest BCUT2D eigenvalue weighted by Crippen LogP contribution is -2.48. The van der Waals surface area contributed by atoms with E-state index in [1.165, 1.54) is 18.3 Å². The van der Waals surface area contributed by atoms with Gasteiger partial charge in [0.25, 0.3) is 0 Å². The Morgan fingerprint density at radius 1 is 1.15 bits per heavy atom. The van der Waals surface area contributed by atoms with Crippen molar-refractivity contribution in [3.63, 3.8) is 0 Å². The minimum Gasteiger partial charge on any atom is -0.436 e. The number of benzene rings is 1. The molecule has 2 aliphatic heterocycles. The SMILES string of the molecule is O=C1CC2CCC(C1)N2C(=O)Nc1ccnc(Oc2ccc(F)cc2F)c1. The van der Waals surface area contributed by atoms with E-state index in [2.05, 4.69) is 10.3 Å². The van der Waals surface area contributed by atoms with Crippen LogP contribution in [0.5, 0.6) is 11.6 Å². The van der Waals surface area contributed by atoms with E-state index in [1.807, 2.05) is 0 Å². The number of hydrogen-bond donors (Lipinski definition) is 1. The number of nitrogens with one attached hydrogen (secondary N) is 1. The van der Waals surface area contributed by atoms with E-state index < -0.39 is 11.6 Å². The van der Waals surface area contributed by atoms with Gasteiger partial charge in [-0.1, -0.05) is 0 Å². The van der Waals surface area contributed by atoms with Gasteiger partial charge in [0.1, 0.15) is 11.6 Å². The van der Waals surface area contributed by atoms with Gasteiger partial charge >= 0.3 is 6.03 Å². The van der Waals surface area contributed by atoms with Crippen LogP contribution < -0.4 is 10.1 Å². The molecule has 6 nitrogen and oxygen atoms in total. The highest BCUT2D eigenvalue weighted by Crippen LogP contribution is 2.34. The van der Waals surface area contributed by atoms with Crippen LogP contribution in [0.3, 0.4) is 0 Å². The number of nitrogens with zero attached hydrogens (tertiary/aromatic N) is 2. The lowest BCUT2D eigenvalue weighted by Gasteiger charge is -2.33. The second-order valence-corrected chi connectivity index (χ2v) is 6.73. The molecule has 2 fully saturated rings. The van der Waals surface area contributed by atoms with Crippen molar-refractivity contribution in [1.82, 2.24) is 9.88 Å². The average Bonchev–Trinajstić information content (AvgIpc) is 2.89. The van der Waals surface area contributed by atoms with E-state index in [1.54, 1.807) is 11.0 Å². The summed E-state index contributed by atoms with van der Waals surface area (Å²) in [5.41, 5.74) is 0.434. The number of Topliss-reactive ketones (excluding diaryl/α,β-unsaturated/α-hetero) is 1. The first-order valence-corrected chi connectivity index (χ1v) is 8.69. The molecule has 2 amide bonds. The van der Waals surface area contributed by atoms with Crippen molar-refractivity contribution in [2.24, 2.45) is 0 Å². The van der Waals surface area contributed by atoms with Gasteiger partial charge in [-0.15, -0.1) is 0 Å². The van der Waals surface area contributed by atoms with Crippen LogP contribution in [0, 0.1) is 11.6 Å². The van der Waals surface area contributed by atoms with Gasteiger partial charge < -0.3 is 15.0 Å². The Balaban J connectivity index is 1.46. The standard InChI is InChI=1S/C19H17F2N3O3/c20-11-1-4-17(16(21)7-11)27-18-8-12(5-6-22-18)23-19(26)24-13-2-3-14(24)10-15(25)9-13/h1,4-8,13-14H,2-3,9-10H2,(H,22,23,26). The Bertz CT molecular complexity index is 890. The van der Waals surface area contributed by atoms with Gasteiger partial charge in [-0.05, 0) is 31.0 Å². The molecule has 2 saturated heterocycles. The number of rotatable bonds is 3. The lowest BCUT2D eigenvalue weighted by atomic mass is 10.0. The van der Waals surface area contributed by atoms with Crippen molar-refractivity contribution in [3.05, 3.63) is 48.2 Å². The monoisotopic (exact) mass is 373 g/mol. The van der Waals surface area contributed by atoms with Crippen molar-refractivity contribution in [2.45, 2.75) is 37.8 Å². The molecule has 3 heterocycles. The van der Waals surface area contributed by atoms with Crippen LogP contribution in [0.4, 0.5) is 19.3 Å². The predicted molar refractivity (Wildman–Crippen MR) is 92.6 cm³/mol. The van der Waals surface area contributed by atoms with Crippen molar-refractivity contribution < 1.29 is 23.1 Å². The van der Waals surface area contributed by atoms with E-state index in [-0.39, 0.29) is 35.5 Å². The van der Waals surface area contributed by atoms with Crippen molar-refractivity contribution >= 4 is 17.5 Å². The minimum atomic E-state index is -0.846. The number of pyridine rings is 1. The Labute approximate surface area is 154 Å². The van der Waals surface area contributed by atoms with Gasteiger partial charge in [0, 0.05) is 48.9 Å². The lowest BCUT2D eigenvalue weighted by molar-refractivity contribution is -0.122. The van der Waals surface area contributed by atoms with Gasteiger partial charge in [0.05, 0.1) is 0 Å². The maximum absolute atomic E-state index is 13.7. The third kappa shape index (κ3) is 3.60. The van der Waals surface area contributed by atoms with Gasteiger partial charge in [0.15, 0.2) is 11.6 Å². The van der Waals surface area contributed by atoms with Crippen LogP contribution in [-0.4, -0.2) is 33.8 Å². The van der Waals surface area contributed by atoms with Crippen molar-refractivity contribution in [2.75, 3.05) is 5.32 Å².